The van der Waals surface area contributed by atoms with Gasteiger partial charge in [-0.3, -0.25) is 4.90 Å². The lowest BCUT2D eigenvalue weighted by molar-refractivity contribution is 0.0896. The van der Waals surface area contributed by atoms with Gasteiger partial charge in [-0.05, 0) is 43.9 Å². The summed E-state index contributed by atoms with van der Waals surface area (Å²) in [6.07, 6.45) is 3.36. The summed E-state index contributed by atoms with van der Waals surface area (Å²) in [6.45, 7) is 6.53. The van der Waals surface area contributed by atoms with Crippen LogP contribution in [0.2, 0.25) is 10.0 Å². The number of anilines is 1. The Morgan fingerprint density at radius 3 is 2.54 bits per heavy atom. The first-order chi connectivity index (χ1) is 12.6. The summed E-state index contributed by atoms with van der Waals surface area (Å²) in [6, 6.07) is 6.25. The number of amides is 1. The molecule has 2 saturated heterocycles. The van der Waals surface area contributed by atoms with E-state index >= 15 is 0 Å². The molecule has 2 aliphatic heterocycles. The fourth-order valence-electron chi connectivity index (χ4n) is 4.24. The fraction of sp³-hybridized carbons (Fsp3) is 0.632. The Morgan fingerprint density at radius 1 is 1.08 bits per heavy atom. The van der Waals surface area contributed by atoms with Gasteiger partial charge in [-0.1, -0.05) is 29.3 Å². The van der Waals surface area contributed by atoms with Crippen LogP contribution in [-0.4, -0.2) is 67.8 Å². The molecule has 2 heterocycles. The SMILES string of the molecule is O=C1OCCN1C1CC(CCN2CCN(c3cccc(Cl)c3Cl)CC2)C1. The minimum absolute atomic E-state index is 0.121. The van der Waals surface area contributed by atoms with Crippen LogP contribution in [0.15, 0.2) is 18.2 Å². The number of carbonyl (C=O) groups is 1. The molecule has 3 aliphatic rings. The highest BCUT2D eigenvalue weighted by Gasteiger charge is 2.38. The smallest absolute Gasteiger partial charge is 0.410 e. The van der Waals surface area contributed by atoms with Crippen molar-refractivity contribution in [2.75, 3.05) is 50.8 Å². The third kappa shape index (κ3) is 3.75. The third-order valence-electron chi connectivity index (χ3n) is 5.94. The number of hydrogen-bond donors (Lipinski definition) is 0. The zero-order valence-corrected chi connectivity index (χ0v) is 16.4. The molecule has 0 unspecified atom stereocenters. The minimum Gasteiger partial charge on any atom is -0.448 e. The maximum absolute atomic E-state index is 11.6. The molecule has 0 atom stereocenters. The number of carbonyl (C=O) groups excluding carboxylic acids is 1. The third-order valence-corrected chi connectivity index (χ3v) is 6.75. The van der Waals surface area contributed by atoms with Gasteiger partial charge in [-0.2, -0.15) is 0 Å². The predicted molar refractivity (Wildman–Crippen MR) is 104 cm³/mol. The minimum atomic E-state index is -0.121. The molecule has 142 valence electrons. The van der Waals surface area contributed by atoms with Crippen LogP contribution in [0.5, 0.6) is 0 Å². The maximum Gasteiger partial charge on any atom is 0.410 e. The molecule has 0 N–H and O–H groups in total. The highest BCUT2D eigenvalue weighted by molar-refractivity contribution is 6.43. The van der Waals surface area contributed by atoms with Gasteiger partial charge >= 0.3 is 6.09 Å². The van der Waals surface area contributed by atoms with Crippen molar-refractivity contribution >= 4 is 35.0 Å². The van der Waals surface area contributed by atoms with Crippen molar-refractivity contribution in [1.82, 2.24) is 9.80 Å². The second-order valence-corrected chi connectivity index (χ2v) is 8.27. The molecule has 1 aromatic carbocycles. The molecule has 7 heteroatoms. The van der Waals surface area contributed by atoms with Gasteiger partial charge < -0.3 is 14.5 Å². The van der Waals surface area contributed by atoms with Crippen LogP contribution in [-0.2, 0) is 4.74 Å². The van der Waals surface area contributed by atoms with Crippen LogP contribution in [0.4, 0.5) is 10.5 Å². The second-order valence-electron chi connectivity index (χ2n) is 7.49. The van der Waals surface area contributed by atoms with E-state index in [2.05, 4.69) is 9.80 Å². The van der Waals surface area contributed by atoms with Crippen LogP contribution < -0.4 is 4.90 Å². The summed E-state index contributed by atoms with van der Waals surface area (Å²) in [5.41, 5.74) is 1.04. The summed E-state index contributed by atoms with van der Waals surface area (Å²) in [5.74, 6) is 0.744. The van der Waals surface area contributed by atoms with E-state index in [1.807, 2.05) is 23.1 Å². The summed E-state index contributed by atoms with van der Waals surface area (Å²) < 4.78 is 5.03. The van der Waals surface area contributed by atoms with Crippen LogP contribution in [0.1, 0.15) is 19.3 Å². The van der Waals surface area contributed by atoms with Crippen molar-refractivity contribution in [2.45, 2.75) is 25.3 Å². The number of nitrogens with zero attached hydrogens (tertiary/aromatic N) is 3. The number of cyclic esters (lactones) is 1. The Balaban J connectivity index is 1.18. The van der Waals surface area contributed by atoms with E-state index in [4.69, 9.17) is 27.9 Å². The molecule has 0 radical (unpaired) electrons. The zero-order chi connectivity index (χ0) is 18.1. The van der Waals surface area contributed by atoms with Gasteiger partial charge in [-0.25, -0.2) is 4.79 Å². The van der Waals surface area contributed by atoms with Crippen LogP contribution in [0, 0.1) is 5.92 Å². The molecule has 1 saturated carbocycles. The quantitative estimate of drug-likeness (QED) is 0.757. The first-order valence-corrected chi connectivity index (χ1v) is 10.2. The summed E-state index contributed by atoms with van der Waals surface area (Å²) in [4.78, 5) is 18.3. The first-order valence-electron chi connectivity index (χ1n) is 9.46. The normalized spacial score (nSPS) is 26.8. The number of piperazine rings is 1. The number of hydrogen-bond acceptors (Lipinski definition) is 4. The Kier molecular flexibility index (Phi) is 5.48. The molecule has 0 spiro atoms. The van der Waals surface area contributed by atoms with Gasteiger partial charge in [0.05, 0.1) is 22.3 Å². The molecule has 1 aliphatic carbocycles. The van der Waals surface area contributed by atoms with Gasteiger partial charge in [0.15, 0.2) is 0 Å². The molecule has 0 bridgehead atoms. The van der Waals surface area contributed by atoms with E-state index in [1.54, 1.807) is 0 Å². The van der Waals surface area contributed by atoms with Gasteiger partial charge in [0.1, 0.15) is 6.61 Å². The van der Waals surface area contributed by atoms with Gasteiger partial charge in [0, 0.05) is 32.2 Å². The predicted octanol–water partition coefficient (Wildman–Crippen LogP) is 3.74. The van der Waals surface area contributed by atoms with E-state index in [0.29, 0.717) is 22.7 Å². The maximum atomic E-state index is 11.6. The molecule has 5 nitrogen and oxygen atoms in total. The van der Waals surface area contributed by atoms with Gasteiger partial charge in [0.25, 0.3) is 0 Å². The van der Waals surface area contributed by atoms with E-state index < -0.39 is 0 Å². The van der Waals surface area contributed by atoms with Crippen LogP contribution in [0.25, 0.3) is 0 Å². The second kappa shape index (κ2) is 7.83. The molecular weight excluding hydrogens is 373 g/mol. The Hall–Kier alpha value is -1.17. The zero-order valence-electron chi connectivity index (χ0n) is 14.9. The van der Waals surface area contributed by atoms with Crippen molar-refractivity contribution < 1.29 is 9.53 Å². The van der Waals surface area contributed by atoms with Crippen LogP contribution in [0.3, 0.4) is 0 Å². The van der Waals surface area contributed by atoms with E-state index in [9.17, 15) is 4.79 Å². The largest absolute Gasteiger partial charge is 0.448 e. The van der Waals surface area contributed by atoms with Crippen molar-refractivity contribution in [2.24, 2.45) is 5.92 Å². The topological polar surface area (TPSA) is 36.0 Å². The lowest BCUT2D eigenvalue weighted by Gasteiger charge is -2.42. The highest BCUT2D eigenvalue weighted by Crippen LogP contribution is 2.36. The summed E-state index contributed by atoms with van der Waals surface area (Å²) in [7, 11) is 0. The molecule has 1 aromatic rings. The van der Waals surface area contributed by atoms with Crippen molar-refractivity contribution in [3.05, 3.63) is 28.2 Å². The van der Waals surface area contributed by atoms with Gasteiger partial charge in [0.2, 0.25) is 0 Å². The summed E-state index contributed by atoms with van der Waals surface area (Å²) in [5, 5.41) is 1.27. The van der Waals surface area contributed by atoms with Crippen LogP contribution >= 0.6 is 23.2 Å². The number of halogens is 2. The first kappa shape index (κ1) is 18.2. The molecule has 26 heavy (non-hydrogen) atoms. The standard InChI is InChI=1S/C19H25Cl2N3O2/c20-16-2-1-3-17(18(16)21)23-8-6-22(7-9-23)5-4-14-12-15(13-14)24-10-11-26-19(24)25/h1-3,14-15H,4-13H2. The van der Waals surface area contributed by atoms with Crippen molar-refractivity contribution in [3.63, 3.8) is 0 Å². The van der Waals surface area contributed by atoms with E-state index in [0.717, 1.165) is 63.7 Å². The lowest BCUT2D eigenvalue weighted by Crippen LogP contribution is -2.48. The lowest BCUT2D eigenvalue weighted by atomic mass is 9.77. The number of ether oxygens (including phenoxy) is 1. The highest BCUT2D eigenvalue weighted by atomic mass is 35.5. The molecular formula is C19H25Cl2N3O2. The number of rotatable bonds is 5. The average Bonchev–Trinajstić information content (AvgIpc) is 3.02. The molecule has 4 rings (SSSR count). The van der Waals surface area contributed by atoms with Crippen molar-refractivity contribution in [3.8, 4) is 0 Å². The van der Waals surface area contributed by atoms with Gasteiger partial charge in [-0.15, -0.1) is 0 Å². The Morgan fingerprint density at radius 2 is 1.85 bits per heavy atom. The fourth-order valence-corrected chi connectivity index (χ4v) is 4.66. The van der Waals surface area contributed by atoms with Crippen molar-refractivity contribution in [1.29, 1.82) is 0 Å². The average molecular weight is 398 g/mol. The van der Waals surface area contributed by atoms with E-state index in [-0.39, 0.29) is 6.09 Å². The monoisotopic (exact) mass is 397 g/mol. The Labute approximate surface area is 164 Å². The Bertz CT molecular complexity index is 658. The molecule has 1 amide bonds. The van der Waals surface area contributed by atoms with E-state index in [1.165, 1.54) is 6.42 Å². The molecule has 3 fully saturated rings. The summed E-state index contributed by atoms with van der Waals surface area (Å²) >= 11 is 12.5. The number of benzene rings is 1. The molecule has 0 aromatic heterocycles.